The van der Waals surface area contributed by atoms with Crippen LogP contribution in [0.2, 0.25) is 0 Å². The number of hydrogen-bond donors (Lipinski definition) is 2. The van der Waals surface area contributed by atoms with Crippen molar-refractivity contribution in [3.63, 3.8) is 0 Å². The average molecular weight is 304 g/mol. The summed E-state index contributed by atoms with van der Waals surface area (Å²) >= 11 is 0. The Morgan fingerprint density at radius 2 is 1.70 bits per heavy atom. The summed E-state index contributed by atoms with van der Waals surface area (Å²) in [6, 6.07) is 1.41. The van der Waals surface area contributed by atoms with E-state index >= 15 is 0 Å². The van der Waals surface area contributed by atoms with Gasteiger partial charge in [0.1, 0.15) is 5.75 Å². The van der Waals surface area contributed by atoms with Crippen molar-refractivity contribution in [1.82, 2.24) is 0 Å². The van der Waals surface area contributed by atoms with Crippen molar-refractivity contribution in [2.45, 2.75) is 18.6 Å². The molecule has 0 aliphatic rings. The minimum Gasteiger partial charge on any atom is -0.479 e. The molecule has 0 radical (unpaired) electrons. The van der Waals surface area contributed by atoms with Crippen LogP contribution in [0, 0.1) is 0 Å². The Bertz CT molecular complexity index is 507. The number of ether oxygens (including phenoxy) is 1. The number of benzene rings is 1. The van der Waals surface area contributed by atoms with Crippen LogP contribution in [-0.4, -0.2) is 22.5 Å². The quantitative estimate of drug-likeness (QED) is 0.843. The molecule has 0 aliphatic carbocycles. The van der Waals surface area contributed by atoms with Crippen molar-refractivity contribution in [2.75, 3.05) is 0 Å². The minimum atomic E-state index is -5.34. The largest absolute Gasteiger partial charge is 0.573 e. The van der Waals surface area contributed by atoms with Crippen molar-refractivity contribution in [3.8, 4) is 5.75 Å². The molecule has 0 bridgehead atoms. The summed E-state index contributed by atoms with van der Waals surface area (Å²) < 4.78 is 77.5. The highest BCUT2D eigenvalue weighted by Gasteiger charge is 2.41. The van der Waals surface area contributed by atoms with Gasteiger partial charge >= 0.3 is 18.5 Å². The number of aliphatic carboxylic acids is 1. The van der Waals surface area contributed by atoms with Gasteiger partial charge in [-0.15, -0.1) is 13.2 Å². The molecule has 1 atom stereocenters. The Hall–Kier alpha value is -1.97. The van der Waals surface area contributed by atoms with Crippen LogP contribution in [0.3, 0.4) is 0 Å². The van der Waals surface area contributed by atoms with E-state index in [4.69, 9.17) is 5.11 Å². The minimum absolute atomic E-state index is 0.338. The van der Waals surface area contributed by atoms with Gasteiger partial charge in [0.2, 0.25) is 0 Å². The van der Waals surface area contributed by atoms with Gasteiger partial charge < -0.3 is 14.9 Å². The number of carboxylic acids is 1. The third kappa shape index (κ3) is 3.76. The highest BCUT2D eigenvalue weighted by atomic mass is 19.4. The topological polar surface area (TPSA) is 66.8 Å². The average Bonchev–Trinajstić information content (AvgIpc) is 2.24. The Kier molecular flexibility index (Phi) is 4.18. The molecule has 0 aromatic heterocycles. The normalized spacial score (nSPS) is 13.9. The first-order valence-electron chi connectivity index (χ1n) is 4.80. The van der Waals surface area contributed by atoms with Gasteiger partial charge in [0.25, 0.3) is 0 Å². The lowest BCUT2D eigenvalue weighted by Gasteiger charge is -2.19. The molecule has 1 unspecified atom stereocenters. The van der Waals surface area contributed by atoms with Crippen LogP contribution in [0.15, 0.2) is 18.2 Å². The van der Waals surface area contributed by atoms with E-state index in [1.807, 2.05) is 0 Å². The summed E-state index contributed by atoms with van der Waals surface area (Å²) in [7, 11) is 0. The van der Waals surface area contributed by atoms with Crippen LogP contribution in [0.25, 0.3) is 0 Å². The van der Waals surface area contributed by atoms with Crippen LogP contribution < -0.4 is 4.74 Å². The smallest absolute Gasteiger partial charge is 0.479 e. The van der Waals surface area contributed by atoms with Gasteiger partial charge in [0, 0.05) is 5.56 Å². The Morgan fingerprint density at radius 3 is 2.10 bits per heavy atom. The molecule has 0 spiro atoms. The van der Waals surface area contributed by atoms with Crippen molar-refractivity contribution in [2.24, 2.45) is 0 Å². The van der Waals surface area contributed by atoms with E-state index in [0.29, 0.717) is 18.2 Å². The second-order valence-corrected chi connectivity index (χ2v) is 3.50. The lowest BCUT2D eigenvalue weighted by Crippen LogP contribution is -2.23. The molecule has 1 aromatic carbocycles. The monoisotopic (exact) mass is 304 g/mol. The fourth-order valence-corrected chi connectivity index (χ4v) is 1.41. The van der Waals surface area contributed by atoms with Crippen molar-refractivity contribution < 1.29 is 46.1 Å². The molecule has 0 heterocycles. The summed E-state index contributed by atoms with van der Waals surface area (Å²) in [4.78, 5) is 10.5. The second kappa shape index (κ2) is 5.19. The molecule has 20 heavy (non-hydrogen) atoms. The van der Waals surface area contributed by atoms with E-state index in [9.17, 15) is 36.2 Å². The standard InChI is InChI=1S/C10H6F6O4/c11-9(12,13)4-2-1-3-5(20-10(14,15)16)6(4)7(17)8(18)19/h1-3,7,17H,(H,18,19). The van der Waals surface area contributed by atoms with Gasteiger partial charge in [-0.3, -0.25) is 0 Å². The second-order valence-electron chi connectivity index (χ2n) is 3.50. The first-order valence-corrected chi connectivity index (χ1v) is 4.80. The lowest BCUT2D eigenvalue weighted by molar-refractivity contribution is -0.275. The third-order valence-corrected chi connectivity index (χ3v) is 2.10. The molecule has 0 saturated carbocycles. The number of carboxylic acid groups (broad SMARTS) is 1. The van der Waals surface area contributed by atoms with E-state index in [1.54, 1.807) is 0 Å². The molecule has 1 aromatic rings. The van der Waals surface area contributed by atoms with Crippen LogP contribution in [0.5, 0.6) is 5.75 Å². The van der Waals surface area contributed by atoms with Crippen molar-refractivity contribution in [1.29, 1.82) is 0 Å². The molecular weight excluding hydrogens is 298 g/mol. The molecule has 112 valence electrons. The van der Waals surface area contributed by atoms with Gasteiger partial charge in [-0.2, -0.15) is 13.2 Å². The Balaban J connectivity index is 3.49. The zero-order chi connectivity index (χ0) is 15.7. The van der Waals surface area contributed by atoms with Crippen LogP contribution in [0.4, 0.5) is 26.3 Å². The zero-order valence-corrected chi connectivity index (χ0v) is 9.29. The summed E-state index contributed by atoms with van der Waals surface area (Å²) in [5, 5.41) is 17.7. The maximum Gasteiger partial charge on any atom is 0.573 e. The zero-order valence-electron chi connectivity index (χ0n) is 9.29. The lowest BCUT2D eigenvalue weighted by atomic mass is 10.0. The van der Waals surface area contributed by atoms with Crippen LogP contribution in [0.1, 0.15) is 17.2 Å². The fraction of sp³-hybridized carbons (Fsp3) is 0.300. The maximum atomic E-state index is 12.6. The molecule has 0 aliphatic heterocycles. The molecule has 2 N–H and O–H groups in total. The predicted molar refractivity (Wildman–Crippen MR) is 50.7 cm³/mol. The van der Waals surface area contributed by atoms with Gasteiger partial charge in [-0.25, -0.2) is 4.79 Å². The van der Waals surface area contributed by atoms with E-state index in [-0.39, 0.29) is 0 Å². The summed E-state index contributed by atoms with van der Waals surface area (Å²) in [6.07, 6.45) is -13.3. The third-order valence-electron chi connectivity index (χ3n) is 2.10. The SMILES string of the molecule is O=C(O)C(O)c1c(OC(F)(F)F)cccc1C(F)(F)F. The molecule has 10 heteroatoms. The highest BCUT2D eigenvalue weighted by Crippen LogP contribution is 2.40. The van der Waals surface area contributed by atoms with E-state index in [0.717, 1.165) is 0 Å². The molecule has 0 amide bonds. The fourth-order valence-electron chi connectivity index (χ4n) is 1.41. The first kappa shape index (κ1) is 16.1. The molecule has 1 rings (SSSR count). The van der Waals surface area contributed by atoms with Gasteiger partial charge in [-0.05, 0) is 12.1 Å². The van der Waals surface area contributed by atoms with Crippen LogP contribution in [-0.2, 0) is 11.0 Å². The number of hydrogen-bond acceptors (Lipinski definition) is 3. The molecule has 0 saturated heterocycles. The molecule has 0 fully saturated rings. The maximum absolute atomic E-state index is 12.6. The number of alkyl halides is 6. The molecule has 4 nitrogen and oxygen atoms in total. The van der Waals surface area contributed by atoms with Gasteiger partial charge in [0.15, 0.2) is 6.10 Å². The summed E-state index contributed by atoms with van der Waals surface area (Å²) in [5.74, 6) is -3.57. The highest BCUT2D eigenvalue weighted by molar-refractivity contribution is 5.76. The van der Waals surface area contributed by atoms with Crippen LogP contribution >= 0.6 is 0 Å². The Morgan fingerprint density at radius 1 is 1.15 bits per heavy atom. The van der Waals surface area contributed by atoms with Crippen molar-refractivity contribution >= 4 is 5.97 Å². The number of aliphatic hydroxyl groups excluding tert-OH is 1. The Labute approximate surface area is 107 Å². The van der Waals surface area contributed by atoms with Gasteiger partial charge in [0.05, 0.1) is 5.56 Å². The van der Waals surface area contributed by atoms with E-state index < -0.39 is 41.5 Å². The number of aliphatic hydroxyl groups is 1. The predicted octanol–water partition coefficient (Wildman–Crippen LogP) is 2.72. The molecular formula is C10H6F6O4. The van der Waals surface area contributed by atoms with E-state index in [1.165, 1.54) is 0 Å². The van der Waals surface area contributed by atoms with E-state index in [2.05, 4.69) is 4.74 Å². The number of rotatable bonds is 3. The summed E-state index contributed by atoms with van der Waals surface area (Å²) in [6.45, 7) is 0. The van der Waals surface area contributed by atoms with Gasteiger partial charge in [-0.1, -0.05) is 6.07 Å². The first-order chi connectivity index (χ1) is 8.93. The summed E-state index contributed by atoms with van der Waals surface area (Å²) in [5.41, 5.74) is -3.24. The number of carbonyl (C=O) groups is 1. The number of halogens is 6. The van der Waals surface area contributed by atoms with Crippen molar-refractivity contribution in [3.05, 3.63) is 29.3 Å².